The lowest BCUT2D eigenvalue weighted by atomic mass is 10.7. The number of carboxylic acid groups (broad SMARTS) is 1. The predicted molar refractivity (Wildman–Crippen MR) is 33.7 cm³/mol. The molecule has 0 saturated carbocycles. The Hall–Kier alpha value is -0.430. The molecule has 0 aliphatic carbocycles. The second-order valence-corrected chi connectivity index (χ2v) is 3.03. The number of alkyl halides is 3. The van der Waals surface area contributed by atoms with E-state index in [9.17, 15) is 17.7 Å². The molecule has 0 heterocycles. The van der Waals surface area contributed by atoms with Crippen molar-refractivity contribution in [1.82, 2.24) is 0 Å². The number of carboxylic acids is 1. The first-order chi connectivity index (χ1) is 4.68. The molecule has 0 amide bonds. The largest absolute Gasteiger partial charge is 0.617 e. The fourth-order valence-corrected chi connectivity index (χ4v) is 0. The number of rotatable bonds is 0. The minimum Gasteiger partial charge on any atom is -0.617 e. The van der Waals surface area contributed by atoms with Crippen LogP contribution in [0.25, 0.3) is 0 Å². The maximum Gasteiger partial charge on any atom is 0.490 e. The van der Waals surface area contributed by atoms with Crippen molar-refractivity contribution in [2.45, 2.75) is 6.18 Å². The minimum absolute atomic E-state index is 0.611. The van der Waals surface area contributed by atoms with Gasteiger partial charge in [-0.3, -0.25) is 0 Å². The van der Waals surface area contributed by atoms with Crippen molar-refractivity contribution in [1.29, 1.82) is 0 Å². The van der Waals surface area contributed by atoms with Crippen LogP contribution in [-0.4, -0.2) is 34.3 Å². The van der Waals surface area contributed by atoms with Crippen molar-refractivity contribution in [2.24, 2.45) is 0 Å². The molecule has 1 N–H and O–H groups in total. The summed E-state index contributed by atoms with van der Waals surface area (Å²) in [6.45, 7) is 0. The molecule has 0 aromatic carbocycles. The summed E-state index contributed by atoms with van der Waals surface area (Å²) in [7, 11) is 0. The van der Waals surface area contributed by atoms with E-state index in [1.807, 2.05) is 0 Å². The van der Waals surface area contributed by atoms with E-state index in [0.29, 0.717) is 0 Å². The lowest BCUT2D eigenvalue weighted by molar-refractivity contribution is -0.192. The Kier molecular flexibility index (Phi) is 6.29. The standard InChI is InChI=1S/C2HF3O2.C2H6OS/c3-2(4,5)1(6)7;1-4(2)3/h(H,6,7);1-2H3. The van der Waals surface area contributed by atoms with Crippen molar-refractivity contribution >= 4 is 17.1 Å². The van der Waals surface area contributed by atoms with Gasteiger partial charge in [-0.15, -0.1) is 0 Å². The summed E-state index contributed by atoms with van der Waals surface area (Å²) >= 11 is -0.611. The van der Waals surface area contributed by atoms with Crippen molar-refractivity contribution in [3.63, 3.8) is 0 Å². The lowest BCUT2D eigenvalue weighted by Gasteiger charge is -1.93. The Morgan fingerprint density at radius 1 is 1.45 bits per heavy atom. The second-order valence-electron chi connectivity index (χ2n) is 1.54. The van der Waals surface area contributed by atoms with Gasteiger partial charge in [0.15, 0.2) is 0 Å². The zero-order valence-corrected chi connectivity index (χ0v) is 6.62. The molecule has 7 heteroatoms. The lowest BCUT2D eigenvalue weighted by Crippen LogP contribution is -2.21. The van der Waals surface area contributed by atoms with Gasteiger partial charge >= 0.3 is 12.1 Å². The van der Waals surface area contributed by atoms with E-state index in [-0.39, 0.29) is 0 Å². The van der Waals surface area contributed by atoms with Gasteiger partial charge in [0, 0.05) is 0 Å². The molecule has 0 aliphatic heterocycles. The van der Waals surface area contributed by atoms with Crippen molar-refractivity contribution < 1.29 is 27.6 Å². The van der Waals surface area contributed by atoms with Gasteiger partial charge in [-0.2, -0.15) is 13.2 Å². The molecule has 68 valence electrons. The molecule has 0 bridgehead atoms. The van der Waals surface area contributed by atoms with Gasteiger partial charge in [-0.1, -0.05) is 11.2 Å². The van der Waals surface area contributed by atoms with Crippen LogP contribution in [0.4, 0.5) is 13.2 Å². The fraction of sp³-hybridized carbons (Fsp3) is 0.750. The summed E-state index contributed by atoms with van der Waals surface area (Å²) in [5.41, 5.74) is 0. The van der Waals surface area contributed by atoms with Gasteiger partial charge < -0.3 is 9.66 Å². The highest BCUT2D eigenvalue weighted by Crippen LogP contribution is 2.13. The maximum absolute atomic E-state index is 10.6. The maximum atomic E-state index is 10.6. The van der Waals surface area contributed by atoms with E-state index in [1.165, 1.54) is 0 Å². The third kappa shape index (κ3) is 17.7. The van der Waals surface area contributed by atoms with Gasteiger partial charge in [-0.25, -0.2) is 4.79 Å². The third-order valence-electron chi connectivity index (χ3n) is 0.243. The smallest absolute Gasteiger partial charge is 0.490 e. The first-order valence-electron chi connectivity index (χ1n) is 2.23. The quantitative estimate of drug-likeness (QED) is 0.572. The zero-order chi connectivity index (χ0) is 9.65. The van der Waals surface area contributed by atoms with Crippen LogP contribution in [0.5, 0.6) is 0 Å². The average molecular weight is 192 g/mol. The van der Waals surface area contributed by atoms with E-state index < -0.39 is 23.3 Å². The van der Waals surface area contributed by atoms with E-state index in [4.69, 9.17) is 9.90 Å². The number of carbonyl (C=O) groups is 1. The average Bonchev–Trinajstić information content (AvgIpc) is 1.59. The number of hydrogen-bond acceptors (Lipinski definition) is 2. The molecule has 0 atom stereocenters. The number of halogens is 3. The van der Waals surface area contributed by atoms with Crippen LogP contribution in [0.1, 0.15) is 0 Å². The molecule has 11 heavy (non-hydrogen) atoms. The van der Waals surface area contributed by atoms with Gasteiger partial charge in [0.1, 0.15) is 0 Å². The van der Waals surface area contributed by atoms with Crippen LogP contribution in [0.2, 0.25) is 0 Å². The zero-order valence-electron chi connectivity index (χ0n) is 5.81. The summed E-state index contributed by atoms with van der Waals surface area (Å²) in [5.74, 6) is -2.76. The summed E-state index contributed by atoms with van der Waals surface area (Å²) in [6.07, 6.45) is -1.81. The summed E-state index contributed by atoms with van der Waals surface area (Å²) < 4.78 is 41.3. The van der Waals surface area contributed by atoms with Crippen LogP contribution >= 0.6 is 0 Å². The molecule has 0 radical (unpaired) electrons. The first kappa shape index (κ1) is 13.2. The Morgan fingerprint density at radius 3 is 1.55 bits per heavy atom. The summed E-state index contributed by atoms with van der Waals surface area (Å²) in [4.78, 5) is 8.90. The van der Waals surface area contributed by atoms with Gasteiger partial charge in [-0.05, 0) is 0 Å². The molecular formula is C4H7F3O3S. The van der Waals surface area contributed by atoms with E-state index in [1.54, 1.807) is 12.5 Å². The van der Waals surface area contributed by atoms with Gasteiger partial charge in [0.25, 0.3) is 0 Å². The summed E-state index contributed by atoms with van der Waals surface area (Å²) in [5, 5.41) is 7.12. The topological polar surface area (TPSA) is 60.4 Å². The monoisotopic (exact) mass is 192 g/mol. The normalized spacial score (nSPS) is 10.5. The molecular weight excluding hydrogens is 185 g/mol. The van der Waals surface area contributed by atoms with Crippen LogP contribution in [0.15, 0.2) is 0 Å². The SMILES string of the molecule is C[S+](C)[O-].O=C(O)C(F)(F)F. The highest BCUT2D eigenvalue weighted by Gasteiger charge is 2.38. The van der Waals surface area contributed by atoms with Crippen molar-refractivity contribution in [3.05, 3.63) is 0 Å². The highest BCUT2D eigenvalue weighted by molar-refractivity contribution is 7.89. The Bertz CT molecular complexity index is 119. The third-order valence-corrected chi connectivity index (χ3v) is 0.243. The molecule has 0 aromatic rings. The first-order valence-corrected chi connectivity index (χ1v) is 4.19. The van der Waals surface area contributed by atoms with E-state index in [2.05, 4.69) is 0 Å². The van der Waals surface area contributed by atoms with Gasteiger partial charge in [0.2, 0.25) is 0 Å². The van der Waals surface area contributed by atoms with E-state index in [0.717, 1.165) is 0 Å². The Labute approximate surface area is 64.4 Å². The van der Waals surface area contributed by atoms with Crippen LogP contribution < -0.4 is 0 Å². The molecule has 0 unspecified atom stereocenters. The molecule has 0 saturated heterocycles. The number of aliphatic carboxylic acids is 1. The molecule has 0 fully saturated rings. The van der Waals surface area contributed by atoms with Crippen LogP contribution in [-0.2, 0) is 16.0 Å². The molecule has 0 aromatic heterocycles. The predicted octanol–water partition coefficient (Wildman–Crippen LogP) is 0.628. The summed E-state index contributed by atoms with van der Waals surface area (Å²) in [6, 6.07) is 0. The van der Waals surface area contributed by atoms with Crippen LogP contribution in [0.3, 0.4) is 0 Å². The van der Waals surface area contributed by atoms with Gasteiger partial charge in [0.05, 0.1) is 12.5 Å². The Morgan fingerprint density at radius 2 is 1.55 bits per heavy atom. The molecule has 3 nitrogen and oxygen atoms in total. The van der Waals surface area contributed by atoms with Crippen molar-refractivity contribution in [3.8, 4) is 0 Å². The molecule has 0 rings (SSSR count). The fourth-order valence-electron chi connectivity index (χ4n) is 0. The second kappa shape index (κ2) is 5.25. The van der Waals surface area contributed by atoms with Crippen LogP contribution in [0, 0.1) is 0 Å². The number of hydrogen-bond donors (Lipinski definition) is 1. The van der Waals surface area contributed by atoms with Crippen molar-refractivity contribution in [2.75, 3.05) is 12.5 Å². The minimum atomic E-state index is -5.08. The molecule has 0 spiro atoms. The molecule has 0 aliphatic rings. The highest BCUT2D eigenvalue weighted by atomic mass is 32.2. The van der Waals surface area contributed by atoms with E-state index >= 15 is 0 Å². The Balaban J connectivity index is 0.